The van der Waals surface area contributed by atoms with E-state index in [-0.39, 0.29) is 5.91 Å². The number of carbonyl (C=O) groups is 1. The van der Waals surface area contributed by atoms with Crippen LogP contribution in [0, 0.1) is 6.92 Å². The van der Waals surface area contributed by atoms with Gasteiger partial charge in [-0.05, 0) is 42.8 Å². The average molecular weight is 387 g/mol. The van der Waals surface area contributed by atoms with Gasteiger partial charge in [-0.3, -0.25) is 9.78 Å². The number of aryl methyl sites for hydroxylation is 1. The van der Waals surface area contributed by atoms with E-state index in [4.69, 9.17) is 25.8 Å². The Hall–Kier alpha value is -2.99. The van der Waals surface area contributed by atoms with Gasteiger partial charge in [-0.1, -0.05) is 11.6 Å². The smallest absolute Gasteiger partial charge is 0.255 e. The van der Waals surface area contributed by atoms with Crippen LogP contribution in [0.3, 0.4) is 0 Å². The predicted molar refractivity (Wildman–Crippen MR) is 106 cm³/mol. The molecule has 0 aliphatic heterocycles. The third-order valence-electron chi connectivity index (χ3n) is 4.28. The summed E-state index contributed by atoms with van der Waals surface area (Å²) in [5.74, 6) is 0.930. The molecule has 0 atom stereocenters. The first kappa shape index (κ1) is 18.8. The van der Waals surface area contributed by atoms with Crippen LogP contribution in [0.2, 0.25) is 5.02 Å². The van der Waals surface area contributed by atoms with Crippen molar-refractivity contribution in [2.75, 3.05) is 26.6 Å². The number of rotatable bonds is 5. The van der Waals surface area contributed by atoms with Crippen LogP contribution in [-0.2, 0) is 0 Å². The molecule has 0 unspecified atom stereocenters. The lowest BCUT2D eigenvalue weighted by Gasteiger charge is -2.15. The first-order valence-corrected chi connectivity index (χ1v) is 8.53. The third kappa shape index (κ3) is 3.48. The molecule has 1 amide bonds. The van der Waals surface area contributed by atoms with Crippen LogP contribution in [0.1, 0.15) is 15.9 Å². The van der Waals surface area contributed by atoms with Crippen molar-refractivity contribution in [2.45, 2.75) is 6.92 Å². The molecular weight excluding hydrogens is 368 g/mol. The Balaban J connectivity index is 2.01. The van der Waals surface area contributed by atoms with Crippen molar-refractivity contribution in [3.05, 3.63) is 52.7 Å². The minimum atomic E-state index is -0.311. The van der Waals surface area contributed by atoms with Crippen molar-refractivity contribution >= 4 is 34.1 Å². The van der Waals surface area contributed by atoms with Crippen LogP contribution in [0.25, 0.3) is 10.9 Å². The number of nitrogens with zero attached hydrogens (tertiary/aromatic N) is 1. The second kappa shape index (κ2) is 7.72. The van der Waals surface area contributed by atoms with Gasteiger partial charge in [-0.2, -0.15) is 0 Å². The van der Waals surface area contributed by atoms with E-state index in [1.165, 1.54) is 21.3 Å². The first-order chi connectivity index (χ1) is 13.0. The zero-order chi connectivity index (χ0) is 19.6. The number of methoxy groups -OCH3 is 3. The molecule has 0 saturated carbocycles. The normalized spacial score (nSPS) is 10.6. The Kier molecular flexibility index (Phi) is 5.37. The molecule has 140 valence electrons. The minimum Gasteiger partial charge on any atom is -0.493 e. The van der Waals surface area contributed by atoms with Crippen LogP contribution in [0.15, 0.2) is 36.5 Å². The highest BCUT2D eigenvalue weighted by Gasteiger charge is 2.18. The number of amides is 1. The second-order valence-corrected chi connectivity index (χ2v) is 6.20. The number of pyridine rings is 1. The lowest BCUT2D eigenvalue weighted by molar-refractivity contribution is 0.102. The van der Waals surface area contributed by atoms with Crippen LogP contribution in [0.5, 0.6) is 17.2 Å². The molecule has 0 bridgehead atoms. The van der Waals surface area contributed by atoms with Crippen molar-refractivity contribution < 1.29 is 19.0 Å². The van der Waals surface area contributed by atoms with E-state index in [0.717, 1.165) is 16.5 Å². The van der Waals surface area contributed by atoms with Crippen molar-refractivity contribution in [1.29, 1.82) is 0 Å². The lowest BCUT2D eigenvalue weighted by Crippen LogP contribution is -2.13. The van der Waals surface area contributed by atoms with Gasteiger partial charge in [0, 0.05) is 22.2 Å². The van der Waals surface area contributed by atoms with Crippen molar-refractivity contribution in [1.82, 2.24) is 4.98 Å². The summed E-state index contributed by atoms with van der Waals surface area (Å²) >= 11 is 6.17. The summed E-state index contributed by atoms with van der Waals surface area (Å²) in [5.41, 5.74) is 2.61. The average Bonchev–Trinajstić information content (AvgIpc) is 2.69. The molecule has 27 heavy (non-hydrogen) atoms. The van der Waals surface area contributed by atoms with E-state index in [1.54, 1.807) is 30.5 Å². The number of carbonyl (C=O) groups excluding carboxylic acids is 1. The van der Waals surface area contributed by atoms with Crippen LogP contribution < -0.4 is 19.5 Å². The summed E-state index contributed by atoms with van der Waals surface area (Å²) in [4.78, 5) is 17.2. The fourth-order valence-corrected chi connectivity index (χ4v) is 3.00. The van der Waals surface area contributed by atoms with E-state index in [9.17, 15) is 4.79 Å². The standard InChI is InChI=1S/C20H19ClN2O4/c1-11-14(21)6-5-13-15(7-8-22-18(11)13)23-20(24)12-9-16(25-2)19(27-4)17(10-12)26-3/h5-10H,1-4H3,(H,22,23,24). The molecule has 0 fully saturated rings. The molecular formula is C20H19ClN2O4. The maximum absolute atomic E-state index is 12.8. The van der Waals surface area contributed by atoms with Crippen LogP contribution in [-0.4, -0.2) is 32.2 Å². The molecule has 0 radical (unpaired) electrons. The molecule has 0 aliphatic rings. The van der Waals surface area contributed by atoms with Crippen LogP contribution in [0.4, 0.5) is 5.69 Å². The summed E-state index contributed by atoms with van der Waals surface area (Å²) < 4.78 is 15.9. The molecule has 1 heterocycles. The maximum Gasteiger partial charge on any atom is 0.255 e. The van der Waals surface area contributed by atoms with Gasteiger partial charge in [0.2, 0.25) is 5.75 Å². The van der Waals surface area contributed by atoms with Gasteiger partial charge in [-0.25, -0.2) is 0 Å². The van der Waals surface area contributed by atoms with E-state index in [1.807, 2.05) is 13.0 Å². The van der Waals surface area contributed by atoms with Crippen LogP contribution >= 0.6 is 11.6 Å². The highest BCUT2D eigenvalue weighted by molar-refractivity contribution is 6.32. The highest BCUT2D eigenvalue weighted by Crippen LogP contribution is 2.38. The first-order valence-electron chi connectivity index (χ1n) is 8.15. The molecule has 1 aromatic heterocycles. The molecule has 3 rings (SSSR count). The Morgan fingerprint density at radius 3 is 2.30 bits per heavy atom. The van der Waals surface area contributed by atoms with Gasteiger partial charge in [0.1, 0.15) is 0 Å². The van der Waals surface area contributed by atoms with Gasteiger partial charge in [-0.15, -0.1) is 0 Å². The molecule has 0 spiro atoms. The molecule has 7 heteroatoms. The van der Waals surface area contributed by atoms with Crippen molar-refractivity contribution in [2.24, 2.45) is 0 Å². The summed E-state index contributed by atoms with van der Waals surface area (Å²) in [5, 5.41) is 4.35. The van der Waals surface area contributed by atoms with E-state index >= 15 is 0 Å². The Morgan fingerprint density at radius 1 is 1.04 bits per heavy atom. The number of ether oxygens (including phenoxy) is 3. The maximum atomic E-state index is 12.8. The number of anilines is 1. The summed E-state index contributed by atoms with van der Waals surface area (Å²) in [6.45, 7) is 1.89. The number of fused-ring (bicyclic) bond motifs is 1. The Labute approximate surface area is 162 Å². The second-order valence-electron chi connectivity index (χ2n) is 5.80. The van der Waals surface area contributed by atoms with Gasteiger partial charge >= 0.3 is 0 Å². The lowest BCUT2D eigenvalue weighted by atomic mass is 10.1. The third-order valence-corrected chi connectivity index (χ3v) is 4.68. The fraction of sp³-hybridized carbons (Fsp3) is 0.200. The molecule has 1 N–H and O–H groups in total. The number of benzene rings is 2. The predicted octanol–water partition coefficient (Wildman–Crippen LogP) is 4.47. The Morgan fingerprint density at radius 2 is 1.70 bits per heavy atom. The van der Waals surface area contributed by atoms with E-state index < -0.39 is 0 Å². The van der Waals surface area contributed by atoms with Gasteiger partial charge in [0.15, 0.2) is 11.5 Å². The van der Waals surface area contributed by atoms with Gasteiger partial charge in [0.25, 0.3) is 5.91 Å². The van der Waals surface area contributed by atoms with Crippen molar-refractivity contribution in [3.8, 4) is 17.2 Å². The summed E-state index contributed by atoms with van der Waals surface area (Å²) in [6.07, 6.45) is 1.64. The number of aromatic nitrogens is 1. The number of nitrogens with one attached hydrogen (secondary N) is 1. The zero-order valence-electron chi connectivity index (χ0n) is 15.4. The molecule has 2 aromatic carbocycles. The Bertz CT molecular complexity index is 995. The number of hydrogen-bond donors (Lipinski definition) is 1. The highest BCUT2D eigenvalue weighted by atomic mass is 35.5. The molecule has 0 aliphatic carbocycles. The van der Waals surface area contributed by atoms with Crippen molar-refractivity contribution in [3.63, 3.8) is 0 Å². The van der Waals surface area contributed by atoms with Gasteiger partial charge in [0.05, 0.1) is 32.5 Å². The minimum absolute atomic E-state index is 0.311. The van der Waals surface area contributed by atoms with Gasteiger partial charge < -0.3 is 19.5 Å². The largest absolute Gasteiger partial charge is 0.493 e. The summed E-state index contributed by atoms with van der Waals surface area (Å²) in [6, 6.07) is 8.56. The number of hydrogen-bond acceptors (Lipinski definition) is 5. The number of halogens is 1. The molecule has 0 saturated heterocycles. The topological polar surface area (TPSA) is 69.7 Å². The van der Waals surface area contributed by atoms with E-state index in [0.29, 0.717) is 33.5 Å². The zero-order valence-corrected chi connectivity index (χ0v) is 16.2. The summed E-state index contributed by atoms with van der Waals surface area (Å²) in [7, 11) is 4.51. The quantitative estimate of drug-likeness (QED) is 0.700. The SMILES string of the molecule is COc1cc(C(=O)Nc2ccnc3c(C)c(Cl)ccc23)cc(OC)c1OC. The van der Waals surface area contributed by atoms with E-state index in [2.05, 4.69) is 10.3 Å². The fourth-order valence-electron chi connectivity index (χ4n) is 2.85. The monoisotopic (exact) mass is 386 g/mol. The molecule has 6 nitrogen and oxygen atoms in total. The molecule has 3 aromatic rings.